The zero-order valence-corrected chi connectivity index (χ0v) is 32.0. The summed E-state index contributed by atoms with van der Waals surface area (Å²) in [6, 6.07) is 0. The van der Waals surface area contributed by atoms with Crippen molar-refractivity contribution >= 4 is 11.5 Å². The number of aliphatic hydroxyl groups excluding tert-OH is 4. The molecule has 2 heterocycles. The smallest absolute Gasteiger partial charge is 0.184 e. The van der Waals surface area contributed by atoms with Crippen molar-refractivity contribution in [3.8, 4) is 11.8 Å². The average Bonchev–Trinajstić information content (AvgIpc) is 3.55. The molecule has 0 aromatic heterocycles. The highest BCUT2D eigenvalue weighted by molar-refractivity contribution is 6.44. The van der Waals surface area contributed by atoms with Crippen LogP contribution in [0, 0.1) is 75.4 Å². The normalized spacial score (nSPS) is 53.3. The monoisotopic (exact) mass is 737 g/mol. The summed E-state index contributed by atoms with van der Waals surface area (Å²) in [7, 11) is 0. The van der Waals surface area contributed by atoms with E-state index in [0.29, 0.717) is 25.9 Å². The molecule has 2 saturated heterocycles. The molecule has 7 aliphatic carbocycles. The number of Topliss-reactive ketones (excluding diaryl/α,β-unsaturated/α-hetero) is 1. The van der Waals surface area contributed by atoms with E-state index in [0.717, 1.165) is 19.4 Å². The van der Waals surface area contributed by atoms with Crippen LogP contribution in [0.25, 0.3) is 0 Å². The molecular weight excluding hydrogens is 674 g/mol. The van der Waals surface area contributed by atoms with Gasteiger partial charge in [0.2, 0.25) is 0 Å². The van der Waals surface area contributed by atoms with Gasteiger partial charge in [0.25, 0.3) is 0 Å². The van der Waals surface area contributed by atoms with Gasteiger partial charge in [-0.05, 0) is 119 Å². The van der Waals surface area contributed by atoms with Crippen LogP contribution in [0.1, 0.15) is 91.9 Å². The third kappa shape index (κ3) is 5.33. The van der Waals surface area contributed by atoms with Gasteiger partial charge in [0.05, 0.1) is 59.5 Å². The molecule has 2 aliphatic heterocycles. The Labute approximate surface area is 314 Å². The number of carbonyl (C=O) groups is 1. The Hall–Kier alpha value is -1.72. The number of aliphatic imine (C=N–C) groups is 1. The second kappa shape index (κ2) is 13.2. The van der Waals surface area contributed by atoms with E-state index in [1.807, 2.05) is 6.92 Å². The third-order valence-corrected chi connectivity index (χ3v) is 16.7. The van der Waals surface area contributed by atoms with E-state index in [4.69, 9.17) is 15.5 Å². The highest BCUT2D eigenvalue weighted by Crippen LogP contribution is 2.76. The molecule has 9 N–H and O–H groups in total. The Balaban J connectivity index is 1.35. The van der Waals surface area contributed by atoms with Gasteiger partial charge in [0.1, 0.15) is 6.10 Å². The van der Waals surface area contributed by atoms with Crippen molar-refractivity contribution in [2.75, 3.05) is 19.7 Å². The van der Waals surface area contributed by atoms with Gasteiger partial charge in [-0.2, -0.15) is 0 Å². The number of nitrogens with two attached hydrogens (primary N) is 1. The first-order valence-electron chi connectivity index (χ1n) is 20.5. The number of piperidine rings is 1. The van der Waals surface area contributed by atoms with Crippen molar-refractivity contribution in [1.82, 2.24) is 5.32 Å². The van der Waals surface area contributed by atoms with Gasteiger partial charge in [-0.25, -0.2) is 0 Å². The molecule has 0 amide bonds. The lowest BCUT2D eigenvalue weighted by Crippen LogP contribution is -2.76. The van der Waals surface area contributed by atoms with Gasteiger partial charge >= 0.3 is 0 Å². The van der Waals surface area contributed by atoms with E-state index in [1.165, 1.54) is 0 Å². The van der Waals surface area contributed by atoms with Gasteiger partial charge in [-0.3, -0.25) is 9.79 Å². The van der Waals surface area contributed by atoms with Crippen molar-refractivity contribution in [3.63, 3.8) is 0 Å². The van der Waals surface area contributed by atoms with Crippen LogP contribution in [-0.4, -0.2) is 110 Å². The zero-order valence-electron chi connectivity index (χ0n) is 32.0. The molecule has 11 nitrogen and oxygen atoms in total. The van der Waals surface area contributed by atoms with Gasteiger partial charge in [-0.15, -0.1) is 11.8 Å². The maximum absolute atomic E-state index is 15.7. The number of nitrogens with one attached hydrogen (secondary N) is 1. The maximum Gasteiger partial charge on any atom is 0.184 e. The van der Waals surface area contributed by atoms with Crippen LogP contribution in [0.15, 0.2) is 17.1 Å². The molecule has 9 rings (SSSR count). The molecule has 6 fully saturated rings. The number of allylic oxidation sites excluding steroid dienone is 2. The number of carbonyl (C=O) groups excluding carboxylic acids is 1. The molecule has 11 heteroatoms. The van der Waals surface area contributed by atoms with E-state index in [1.54, 1.807) is 13.8 Å². The minimum atomic E-state index is -1.65. The zero-order chi connectivity index (χ0) is 37.9. The van der Waals surface area contributed by atoms with Crippen LogP contribution < -0.4 is 11.1 Å². The molecule has 9 aliphatic rings. The second-order valence-corrected chi connectivity index (χ2v) is 19.3. The lowest BCUT2D eigenvalue weighted by molar-refractivity contribution is -0.249. The van der Waals surface area contributed by atoms with E-state index in [9.17, 15) is 30.6 Å². The summed E-state index contributed by atoms with van der Waals surface area (Å²) in [6.45, 7) is 8.68. The van der Waals surface area contributed by atoms with Crippen LogP contribution >= 0.6 is 0 Å². The number of rotatable bonds is 6. The SMILES string of the molecule is C[C@@H]1[C@H]([C@@H](O)[C@](C)(O)[C@@H]2CC[C@]3(O)[C@H]4C(=NC[C@H](C)O)C(=O)[C@@]56CC#CC[C@]23CC2C=C[C@H](C3CCC(N)NC3)C[C@]5(C[C@H](O)[C@H](O)C6)C24)OC[C@@H]1C. The van der Waals surface area contributed by atoms with Gasteiger partial charge in [0.15, 0.2) is 5.78 Å². The topological polar surface area (TPSA) is 198 Å². The minimum absolute atomic E-state index is 0.0145. The van der Waals surface area contributed by atoms with Crippen LogP contribution in [0.4, 0.5) is 0 Å². The molecule has 0 aromatic rings. The fourth-order valence-electron chi connectivity index (χ4n) is 13.9. The molecule has 53 heavy (non-hydrogen) atoms. The van der Waals surface area contributed by atoms with Crippen LogP contribution in [0.3, 0.4) is 0 Å². The first-order valence-corrected chi connectivity index (χ1v) is 20.5. The number of aliphatic hydroxyl groups is 6. The van der Waals surface area contributed by atoms with Crippen molar-refractivity contribution in [1.29, 1.82) is 0 Å². The van der Waals surface area contributed by atoms with Crippen molar-refractivity contribution in [2.45, 2.75) is 140 Å². The number of fused-ring (bicyclic) bond motifs is 3. The fourth-order valence-corrected chi connectivity index (χ4v) is 13.9. The van der Waals surface area contributed by atoms with Gasteiger partial charge < -0.3 is 46.4 Å². The van der Waals surface area contributed by atoms with Crippen LogP contribution in [0.2, 0.25) is 0 Å². The second-order valence-electron chi connectivity index (χ2n) is 19.3. The summed E-state index contributed by atoms with van der Waals surface area (Å²) in [5.41, 5.74) is 0.335. The summed E-state index contributed by atoms with van der Waals surface area (Å²) in [6.07, 6.45) is 4.00. The van der Waals surface area contributed by atoms with Crippen molar-refractivity contribution < 1.29 is 40.2 Å². The first-order chi connectivity index (χ1) is 25.0. The van der Waals surface area contributed by atoms with Crippen molar-refractivity contribution in [2.24, 2.45) is 74.3 Å². The Bertz CT molecular complexity index is 1580. The molecule has 294 valence electrons. The minimum Gasteiger partial charge on any atom is -0.391 e. The molecular formula is C42H63N3O8. The summed E-state index contributed by atoms with van der Waals surface area (Å²) in [5.74, 6) is 5.34. The molecule has 0 aromatic carbocycles. The lowest BCUT2D eigenvalue weighted by Gasteiger charge is -2.70. The van der Waals surface area contributed by atoms with E-state index < -0.39 is 69.8 Å². The largest absolute Gasteiger partial charge is 0.391 e. The molecule has 4 unspecified atom stereocenters. The summed E-state index contributed by atoms with van der Waals surface area (Å²) in [5, 5.41) is 75.7. The predicted molar refractivity (Wildman–Crippen MR) is 198 cm³/mol. The standard InChI is InChI=1S/C42H63N3O8/c1-22-21-53-35(24(22)3)37(50)38(4,51)30-11-14-42(52)33-32-26-8-7-25(27-9-10-31(43)44-20-27)15-41(32)18-29(48)28(47)17-40(41,13-6-5-12-39(30,42)16-26)36(49)34(33)45-19-23(2)46/h7-8,22-33,35,37,44,46-48,50-52H,9-21,43H2,1-4H3/t22-,23-,24-,25-,26?,27?,28+,29-,30-,31?,32?,33+,35+,37+,38+,39-,40-,41-,42-/m0/s1. The lowest BCUT2D eigenvalue weighted by atomic mass is 9.33. The predicted octanol–water partition coefficient (Wildman–Crippen LogP) is 1.70. The highest BCUT2D eigenvalue weighted by atomic mass is 16.5. The highest BCUT2D eigenvalue weighted by Gasteiger charge is 2.80. The van der Waals surface area contributed by atoms with E-state index in [2.05, 4.69) is 36.2 Å². The number of ether oxygens (including phenoxy) is 1. The Morgan fingerprint density at radius 3 is 2.42 bits per heavy atom. The molecule has 4 saturated carbocycles. The Morgan fingerprint density at radius 1 is 1.04 bits per heavy atom. The van der Waals surface area contributed by atoms with Gasteiger partial charge in [-0.1, -0.05) is 26.0 Å². The van der Waals surface area contributed by atoms with E-state index >= 15 is 4.79 Å². The Morgan fingerprint density at radius 2 is 1.74 bits per heavy atom. The number of ketones is 1. The van der Waals surface area contributed by atoms with E-state index in [-0.39, 0.29) is 91.8 Å². The molecule has 0 radical (unpaired) electrons. The maximum atomic E-state index is 15.7. The summed E-state index contributed by atoms with van der Waals surface area (Å²) < 4.78 is 6.12. The average molecular weight is 738 g/mol. The molecule has 6 bridgehead atoms. The Kier molecular flexibility index (Phi) is 9.49. The first kappa shape index (κ1) is 38.2. The summed E-state index contributed by atoms with van der Waals surface area (Å²) >= 11 is 0. The van der Waals surface area contributed by atoms with Crippen molar-refractivity contribution in [3.05, 3.63) is 12.2 Å². The summed E-state index contributed by atoms with van der Waals surface area (Å²) in [4.78, 5) is 20.6. The third-order valence-electron chi connectivity index (χ3n) is 16.7. The van der Waals surface area contributed by atoms with Crippen LogP contribution in [0.5, 0.6) is 0 Å². The van der Waals surface area contributed by atoms with Gasteiger partial charge in [0, 0.05) is 30.8 Å². The number of hydrogen-bond acceptors (Lipinski definition) is 11. The molecule has 19 atom stereocenters. The molecule has 3 spiro atoms. The number of hydrogen-bond donors (Lipinski definition) is 8. The number of nitrogens with zero attached hydrogens (tertiary/aromatic N) is 1. The fraction of sp³-hybridized carbons (Fsp3) is 0.857. The van der Waals surface area contributed by atoms with Crippen LogP contribution in [-0.2, 0) is 9.53 Å². The quantitative estimate of drug-likeness (QED) is 0.147.